The minimum absolute atomic E-state index is 0.333. The molecule has 0 unspecified atom stereocenters. The maximum atomic E-state index is 15.0. The van der Waals surface area contributed by atoms with Gasteiger partial charge in [0.15, 0.2) is 17.5 Å². The third kappa shape index (κ3) is 7.28. The molecule has 0 amide bonds. The Kier molecular flexibility index (Phi) is 10.2. The van der Waals surface area contributed by atoms with Gasteiger partial charge in [-0.25, -0.2) is 43.1 Å². The Morgan fingerprint density at radius 1 is 0.264 bits per heavy atom. The summed E-state index contributed by atoms with van der Waals surface area (Å²) in [4.78, 5) is 31.3. The molecule has 9 nitrogen and oxygen atoms in total. The Morgan fingerprint density at radius 3 is 0.847 bits per heavy atom. The zero-order valence-corrected chi connectivity index (χ0v) is 37.9. The summed E-state index contributed by atoms with van der Waals surface area (Å²) in [7, 11) is 0. The van der Waals surface area contributed by atoms with Crippen molar-refractivity contribution in [3.63, 3.8) is 0 Å². The molecule has 0 atom stereocenters. The number of fused-ring (bicyclic) bond motifs is 3. The molecule has 0 radical (unpaired) electrons. The Labute approximate surface area is 409 Å². The van der Waals surface area contributed by atoms with E-state index in [-0.39, 0.29) is 17.5 Å². The highest BCUT2D eigenvalue weighted by atomic mass is 19.1. The number of rotatable bonds is 9. The number of nitrogens with zero attached hydrogens (tertiary/aromatic N) is 9. The van der Waals surface area contributed by atoms with Crippen molar-refractivity contribution in [2.24, 2.45) is 0 Å². The van der Waals surface area contributed by atoms with E-state index in [1.807, 2.05) is 177 Å². The molecule has 4 heterocycles. The van der Waals surface area contributed by atoms with Crippen LogP contribution in [0.15, 0.2) is 218 Å². The average molecular weight is 940 g/mol. The molecule has 0 saturated carbocycles. The second-order valence-electron chi connectivity index (χ2n) is 17.2. The average Bonchev–Trinajstić information content (AvgIpc) is 4.13. The van der Waals surface area contributed by atoms with Gasteiger partial charge < -0.3 is 0 Å². The summed E-state index contributed by atoms with van der Waals surface area (Å²) in [6, 6.07) is 65.9. The molecule has 12 heteroatoms. The Balaban J connectivity index is 1.10. The lowest BCUT2D eigenvalue weighted by Crippen LogP contribution is -2.08. The molecule has 0 aliphatic heterocycles. The molecule has 13 rings (SSSR count). The van der Waals surface area contributed by atoms with Gasteiger partial charge in [-0.3, -0.25) is 13.7 Å². The quantitative estimate of drug-likeness (QED) is 0.143. The first-order valence-corrected chi connectivity index (χ1v) is 23.2. The van der Waals surface area contributed by atoms with Gasteiger partial charge in [-0.2, -0.15) is 0 Å². The predicted octanol–water partition coefficient (Wildman–Crippen LogP) is 14.3. The molecular formula is C60H36F3N9. The second-order valence-corrected chi connectivity index (χ2v) is 17.2. The maximum absolute atomic E-state index is 15.0. The summed E-state index contributed by atoms with van der Waals surface area (Å²) in [5.74, 6) is 1.42. The van der Waals surface area contributed by atoms with Gasteiger partial charge in [0, 0.05) is 33.4 Å². The van der Waals surface area contributed by atoms with Crippen LogP contribution in [0.3, 0.4) is 0 Å². The van der Waals surface area contributed by atoms with E-state index in [9.17, 15) is 0 Å². The van der Waals surface area contributed by atoms with Crippen molar-refractivity contribution in [2.45, 2.75) is 0 Å². The Morgan fingerprint density at radius 2 is 0.542 bits per heavy atom. The molecule has 0 saturated heterocycles. The molecule has 13 aromatic rings. The molecule has 0 fully saturated rings. The van der Waals surface area contributed by atoms with E-state index in [2.05, 4.69) is 0 Å². The second kappa shape index (κ2) is 17.3. The van der Waals surface area contributed by atoms with Gasteiger partial charge in [0.1, 0.15) is 34.9 Å². The monoisotopic (exact) mass is 939 g/mol. The fourth-order valence-corrected chi connectivity index (χ4v) is 9.58. The van der Waals surface area contributed by atoms with Gasteiger partial charge in [0.05, 0.1) is 50.2 Å². The first-order chi connectivity index (χ1) is 35.4. The lowest BCUT2D eigenvalue weighted by atomic mass is 10.1. The van der Waals surface area contributed by atoms with E-state index in [0.717, 1.165) is 33.1 Å². The standard InChI is InChI=1S/C60H36F3N9/c61-40-19-13-16-37(34-40)58-64-46-25-4-10-31-52(46)70(58)49-28-7-1-22-43(49)55-67-56(44-23-2-8-29-50(44)71-53-32-11-5-26-47(53)65-59(71)38-17-14-20-41(62)35-38)69-57(68-55)45-24-3-9-30-51(45)72-54-33-12-6-27-48(54)66-60(72)39-18-15-21-42(63)36-39/h1-36H. The van der Waals surface area contributed by atoms with Crippen LogP contribution in [-0.4, -0.2) is 43.6 Å². The van der Waals surface area contributed by atoms with Crippen LogP contribution >= 0.6 is 0 Å². The topological polar surface area (TPSA) is 92.1 Å². The molecule has 0 aliphatic carbocycles. The van der Waals surface area contributed by atoms with E-state index in [0.29, 0.717) is 85.4 Å². The van der Waals surface area contributed by atoms with Gasteiger partial charge in [-0.15, -0.1) is 0 Å². The summed E-state index contributed by atoms with van der Waals surface area (Å²) < 4.78 is 51.1. The van der Waals surface area contributed by atoms with Crippen LogP contribution in [0.1, 0.15) is 0 Å². The van der Waals surface area contributed by atoms with Crippen LogP contribution in [0, 0.1) is 17.5 Å². The minimum Gasteiger partial charge on any atom is -0.292 e. The summed E-state index contributed by atoms with van der Waals surface area (Å²) in [5.41, 5.74) is 10.3. The first-order valence-electron chi connectivity index (χ1n) is 23.2. The SMILES string of the molecule is Fc1cccc(-c2nc3ccccc3n2-c2ccccc2-c2nc(-c3ccccc3-n3c(-c4cccc(F)c4)nc4ccccc43)nc(-c3ccccc3-n3c(-c4cccc(F)c4)nc4ccccc43)n2)c1. The van der Waals surface area contributed by atoms with Crippen molar-refractivity contribution >= 4 is 33.1 Å². The summed E-state index contributed by atoms with van der Waals surface area (Å²) in [5, 5.41) is 0. The third-order valence-electron chi connectivity index (χ3n) is 12.7. The molecule has 4 aromatic heterocycles. The first kappa shape index (κ1) is 42.3. The van der Waals surface area contributed by atoms with Crippen molar-refractivity contribution in [3.8, 4) is 85.4 Å². The van der Waals surface area contributed by atoms with Crippen LogP contribution in [-0.2, 0) is 0 Å². The molecular weight excluding hydrogens is 904 g/mol. The van der Waals surface area contributed by atoms with Crippen LogP contribution in [0.4, 0.5) is 13.2 Å². The highest BCUT2D eigenvalue weighted by molar-refractivity contribution is 5.90. The number of halogens is 3. The van der Waals surface area contributed by atoms with E-state index in [1.165, 1.54) is 36.4 Å². The number of aromatic nitrogens is 9. The van der Waals surface area contributed by atoms with Gasteiger partial charge in [0.2, 0.25) is 0 Å². The largest absolute Gasteiger partial charge is 0.292 e. The minimum atomic E-state index is -0.388. The van der Waals surface area contributed by atoms with Crippen molar-refractivity contribution in [2.75, 3.05) is 0 Å². The number of hydrogen-bond donors (Lipinski definition) is 0. The number of benzene rings is 9. The van der Waals surface area contributed by atoms with Crippen molar-refractivity contribution in [1.82, 2.24) is 43.6 Å². The molecule has 0 bridgehead atoms. The summed E-state index contributed by atoms with van der Waals surface area (Å²) in [6.07, 6.45) is 0. The predicted molar refractivity (Wildman–Crippen MR) is 276 cm³/mol. The van der Waals surface area contributed by atoms with Crippen molar-refractivity contribution in [3.05, 3.63) is 236 Å². The van der Waals surface area contributed by atoms with E-state index in [1.54, 1.807) is 18.2 Å². The fraction of sp³-hybridized carbons (Fsp3) is 0. The van der Waals surface area contributed by atoms with E-state index < -0.39 is 0 Å². The smallest absolute Gasteiger partial charge is 0.166 e. The zero-order chi connectivity index (χ0) is 48.3. The Bertz CT molecular complexity index is 3810. The van der Waals surface area contributed by atoms with Gasteiger partial charge in [-0.1, -0.05) is 109 Å². The number of para-hydroxylation sites is 9. The maximum Gasteiger partial charge on any atom is 0.166 e. The van der Waals surface area contributed by atoms with Crippen LogP contribution in [0.2, 0.25) is 0 Å². The van der Waals surface area contributed by atoms with Crippen LogP contribution < -0.4 is 0 Å². The molecule has 72 heavy (non-hydrogen) atoms. The third-order valence-corrected chi connectivity index (χ3v) is 12.7. The van der Waals surface area contributed by atoms with Gasteiger partial charge in [-0.05, 0) is 109 Å². The fourth-order valence-electron chi connectivity index (χ4n) is 9.58. The summed E-state index contributed by atoms with van der Waals surface area (Å²) in [6.45, 7) is 0. The summed E-state index contributed by atoms with van der Waals surface area (Å²) >= 11 is 0. The van der Waals surface area contributed by atoms with Crippen LogP contribution in [0.25, 0.3) is 118 Å². The van der Waals surface area contributed by atoms with E-state index >= 15 is 13.2 Å². The molecule has 0 spiro atoms. The van der Waals surface area contributed by atoms with Gasteiger partial charge in [0.25, 0.3) is 0 Å². The normalized spacial score (nSPS) is 11.5. The van der Waals surface area contributed by atoms with Crippen LogP contribution in [0.5, 0.6) is 0 Å². The lowest BCUT2D eigenvalue weighted by Gasteiger charge is -2.18. The lowest BCUT2D eigenvalue weighted by molar-refractivity contribution is 0.627. The van der Waals surface area contributed by atoms with Crippen molar-refractivity contribution < 1.29 is 13.2 Å². The molecule has 0 aliphatic rings. The highest BCUT2D eigenvalue weighted by Crippen LogP contribution is 2.39. The molecule has 0 N–H and O–H groups in total. The number of imidazole rings is 3. The van der Waals surface area contributed by atoms with Gasteiger partial charge >= 0.3 is 0 Å². The molecule has 342 valence electrons. The zero-order valence-electron chi connectivity index (χ0n) is 37.9. The number of hydrogen-bond acceptors (Lipinski definition) is 6. The van der Waals surface area contributed by atoms with Crippen molar-refractivity contribution in [1.29, 1.82) is 0 Å². The Hall–Kier alpha value is -9.81. The highest BCUT2D eigenvalue weighted by Gasteiger charge is 2.25. The van der Waals surface area contributed by atoms with E-state index in [4.69, 9.17) is 29.9 Å². The molecule has 9 aromatic carbocycles.